The number of anilines is 1. The molecular formula is C12H16N4O4. The molecule has 1 fully saturated rings. The molecule has 8 nitrogen and oxygen atoms in total. The summed E-state index contributed by atoms with van der Waals surface area (Å²) in [4.78, 5) is 36.5. The molecule has 1 unspecified atom stereocenters. The van der Waals surface area contributed by atoms with Gasteiger partial charge in [-0.3, -0.25) is 19.1 Å². The first-order valence-electron chi connectivity index (χ1n) is 6.19. The number of rotatable bonds is 2. The van der Waals surface area contributed by atoms with Gasteiger partial charge in [-0.1, -0.05) is 0 Å². The van der Waals surface area contributed by atoms with Crippen LogP contribution < -0.4 is 5.32 Å². The fourth-order valence-corrected chi connectivity index (χ4v) is 2.11. The van der Waals surface area contributed by atoms with E-state index in [9.17, 15) is 14.4 Å². The van der Waals surface area contributed by atoms with Crippen LogP contribution >= 0.6 is 0 Å². The van der Waals surface area contributed by atoms with Crippen molar-refractivity contribution in [1.82, 2.24) is 14.7 Å². The van der Waals surface area contributed by atoms with Crippen molar-refractivity contribution in [3.05, 3.63) is 12.3 Å². The van der Waals surface area contributed by atoms with Crippen LogP contribution in [0, 0.1) is 5.92 Å². The molecule has 0 aliphatic carbocycles. The van der Waals surface area contributed by atoms with Crippen LogP contribution in [0.15, 0.2) is 12.3 Å². The van der Waals surface area contributed by atoms with Gasteiger partial charge in [-0.25, -0.2) is 0 Å². The molecule has 0 aromatic carbocycles. The number of likely N-dealkylation sites (tertiary alicyclic amines) is 1. The number of aromatic nitrogens is 2. The lowest BCUT2D eigenvalue weighted by Crippen LogP contribution is -2.39. The van der Waals surface area contributed by atoms with Gasteiger partial charge in [0.2, 0.25) is 0 Å². The van der Waals surface area contributed by atoms with Crippen LogP contribution in [0.5, 0.6) is 0 Å². The Morgan fingerprint density at radius 3 is 2.80 bits per heavy atom. The van der Waals surface area contributed by atoms with Crippen molar-refractivity contribution in [2.24, 2.45) is 13.0 Å². The third-order valence-electron chi connectivity index (χ3n) is 3.27. The van der Waals surface area contributed by atoms with Gasteiger partial charge < -0.3 is 15.0 Å². The molecule has 1 atom stereocenters. The van der Waals surface area contributed by atoms with Crippen molar-refractivity contribution < 1.29 is 19.1 Å². The second-order valence-electron chi connectivity index (χ2n) is 4.55. The molecule has 2 amide bonds. The number of nitrogens with one attached hydrogen (secondary N) is 1. The van der Waals surface area contributed by atoms with Crippen molar-refractivity contribution in [3.63, 3.8) is 0 Å². The van der Waals surface area contributed by atoms with Crippen LogP contribution in [0.2, 0.25) is 0 Å². The lowest BCUT2D eigenvalue weighted by atomic mass is 10.1. The van der Waals surface area contributed by atoms with Gasteiger partial charge in [0.05, 0.1) is 19.2 Å². The lowest BCUT2D eigenvalue weighted by molar-refractivity contribution is -0.146. The molecule has 1 saturated heterocycles. The van der Waals surface area contributed by atoms with Crippen molar-refractivity contribution in [2.75, 3.05) is 25.5 Å². The molecule has 8 heteroatoms. The van der Waals surface area contributed by atoms with Crippen molar-refractivity contribution in [3.8, 4) is 0 Å². The summed E-state index contributed by atoms with van der Waals surface area (Å²) in [6.45, 7) is 0.585. The van der Waals surface area contributed by atoms with E-state index in [1.54, 1.807) is 13.1 Å². The van der Waals surface area contributed by atoms with Crippen LogP contribution in [-0.4, -0.2) is 52.7 Å². The topological polar surface area (TPSA) is 93.5 Å². The number of aryl methyl sites for hydroxylation is 1. The summed E-state index contributed by atoms with van der Waals surface area (Å²) in [6.07, 6.45) is 2.03. The summed E-state index contributed by atoms with van der Waals surface area (Å²) < 4.78 is 6.09. The van der Waals surface area contributed by atoms with E-state index < -0.39 is 11.8 Å². The van der Waals surface area contributed by atoms with Gasteiger partial charge in [0.1, 0.15) is 5.82 Å². The number of esters is 1. The SMILES string of the molecule is COC(=O)C1CCN(C(=O)C(=O)Nc2ccnn2C)C1. The molecule has 0 spiro atoms. The third kappa shape index (κ3) is 2.79. The Kier molecular flexibility index (Phi) is 4.02. The molecule has 0 bridgehead atoms. The molecule has 0 saturated carbocycles. The second kappa shape index (κ2) is 5.72. The molecule has 1 aromatic rings. The van der Waals surface area contributed by atoms with Gasteiger partial charge in [-0.15, -0.1) is 0 Å². The summed E-state index contributed by atoms with van der Waals surface area (Å²) in [5.41, 5.74) is 0. The molecule has 1 aliphatic heterocycles. The van der Waals surface area contributed by atoms with E-state index in [2.05, 4.69) is 15.2 Å². The Balaban J connectivity index is 1.93. The summed E-state index contributed by atoms with van der Waals surface area (Å²) >= 11 is 0. The maximum atomic E-state index is 12.0. The highest BCUT2D eigenvalue weighted by Crippen LogP contribution is 2.17. The van der Waals surface area contributed by atoms with Crippen molar-refractivity contribution >= 4 is 23.6 Å². The van der Waals surface area contributed by atoms with Gasteiger partial charge in [-0.05, 0) is 6.42 Å². The predicted molar refractivity (Wildman–Crippen MR) is 68.5 cm³/mol. The maximum Gasteiger partial charge on any atom is 0.315 e. The summed E-state index contributed by atoms with van der Waals surface area (Å²) in [7, 11) is 2.96. The van der Waals surface area contributed by atoms with E-state index in [1.165, 1.54) is 22.9 Å². The monoisotopic (exact) mass is 280 g/mol. The lowest BCUT2D eigenvalue weighted by Gasteiger charge is -2.15. The standard InChI is InChI=1S/C12H16N4O4/c1-15-9(3-5-13-15)14-10(17)11(18)16-6-4-8(7-16)12(19)20-2/h3,5,8H,4,6-7H2,1-2H3,(H,14,17). The van der Waals surface area contributed by atoms with Crippen LogP contribution in [0.3, 0.4) is 0 Å². The van der Waals surface area contributed by atoms with Gasteiger partial charge in [-0.2, -0.15) is 5.10 Å². The van der Waals surface area contributed by atoms with Crippen LogP contribution in [0.1, 0.15) is 6.42 Å². The van der Waals surface area contributed by atoms with Gasteiger partial charge in [0, 0.05) is 26.2 Å². The Morgan fingerprint density at radius 2 is 2.20 bits per heavy atom. The number of amides is 2. The molecule has 20 heavy (non-hydrogen) atoms. The zero-order valence-electron chi connectivity index (χ0n) is 11.3. The zero-order valence-corrected chi connectivity index (χ0v) is 11.3. The van der Waals surface area contributed by atoms with Crippen molar-refractivity contribution in [2.45, 2.75) is 6.42 Å². The number of hydrogen-bond acceptors (Lipinski definition) is 5. The van der Waals surface area contributed by atoms with Gasteiger partial charge >= 0.3 is 17.8 Å². The molecular weight excluding hydrogens is 264 g/mol. The fourth-order valence-electron chi connectivity index (χ4n) is 2.11. The van der Waals surface area contributed by atoms with Crippen LogP contribution in [0.25, 0.3) is 0 Å². The average Bonchev–Trinajstić information content (AvgIpc) is 3.07. The van der Waals surface area contributed by atoms with E-state index in [-0.39, 0.29) is 18.4 Å². The number of methoxy groups -OCH3 is 1. The highest BCUT2D eigenvalue weighted by Gasteiger charge is 2.34. The molecule has 1 aromatic heterocycles. The highest BCUT2D eigenvalue weighted by atomic mass is 16.5. The molecule has 2 rings (SSSR count). The summed E-state index contributed by atoms with van der Waals surface area (Å²) in [5, 5.41) is 6.37. The fraction of sp³-hybridized carbons (Fsp3) is 0.500. The Morgan fingerprint density at radius 1 is 1.45 bits per heavy atom. The minimum atomic E-state index is -0.737. The number of ether oxygens (including phenoxy) is 1. The Hall–Kier alpha value is -2.38. The first-order chi connectivity index (χ1) is 9.52. The Bertz CT molecular complexity index is 539. The largest absolute Gasteiger partial charge is 0.469 e. The average molecular weight is 280 g/mol. The zero-order chi connectivity index (χ0) is 14.7. The summed E-state index contributed by atoms with van der Waals surface area (Å²) in [5.74, 6) is -1.66. The predicted octanol–water partition coefficient (Wildman–Crippen LogP) is -0.620. The second-order valence-corrected chi connectivity index (χ2v) is 4.55. The molecule has 1 aliphatic rings. The van der Waals surface area contributed by atoms with E-state index in [1.807, 2.05) is 0 Å². The first kappa shape index (κ1) is 14.0. The molecule has 2 heterocycles. The van der Waals surface area contributed by atoms with E-state index in [4.69, 9.17) is 0 Å². The Labute approximate surface area is 115 Å². The number of nitrogens with zero attached hydrogens (tertiary/aromatic N) is 3. The number of carbonyl (C=O) groups excluding carboxylic acids is 3. The van der Waals surface area contributed by atoms with Crippen LogP contribution in [0.4, 0.5) is 5.82 Å². The number of hydrogen-bond donors (Lipinski definition) is 1. The smallest absolute Gasteiger partial charge is 0.315 e. The normalized spacial score (nSPS) is 17.9. The third-order valence-corrected chi connectivity index (χ3v) is 3.27. The summed E-state index contributed by atoms with van der Waals surface area (Å²) in [6, 6.07) is 1.59. The van der Waals surface area contributed by atoms with E-state index in [0.29, 0.717) is 18.8 Å². The van der Waals surface area contributed by atoms with E-state index >= 15 is 0 Å². The highest BCUT2D eigenvalue weighted by molar-refractivity contribution is 6.39. The van der Waals surface area contributed by atoms with Crippen LogP contribution in [-0.2, 0) is 26.2 Å². The van der Waals surface area contributed by atoms with Gasteiger partial charge in [0.15, 0.2) is 0 Å². The molecule has 0 radical (unpaired) electrons. The molecule has 108 valence electrons. The number of carbonyl (C=O) groups is 3. The molecule has 1 N–H and O–H groups in total. The van der Waals surface area contributed by atoms with Gasteiger partial charge in [0.25, 0.3) is 0 Å². The van der Waals surface area contributed by atoms with Crippen molar-refractivity contribution in [1.29, 1.82) is 0 Å². The minimum absolute atomic E-state index is 0.213. The minimum Gasteiger partial charge on any atom is -0.469 e. The maximum absolute atomic E-state index is 12.0. The first-order valence-corrected chi connectivity index (χ1v) is 6.19. The van der Waals surface area contributed by atoms with E-state index in [0.717, 1.165) is 0 Å². The quantitative estimate of drug-likeness (QED) is 0.575.